The third-order valence-corrected chi connectivity index (χ3v) is 5.76. The maximum Gasteiger partial charge on any atom is 0.416 e. The van der Waals surface area contributed by atoms with Gasteiger partial charge >= 0.3 is 6.18 Å². The van der Waals surface area contributed by atoms with Crippen molar-refractivity contribution in [1.82, 2.24) is 15.5 Å². The van der Waals surface area contributed by atoms with Crippen molar-refractivity contribution in [3.8, 4) is 5.75 Å². The van der Waals surface area contributed by atoms with Crippen molar-refractivity contribution in [2.45, 2.75) is 25.7 Å². The number of hydrogen-bond acceptors (Lipinski definition) is 6. The van der Waals surface area contributed by atoms with Crippen molar-refractivity contribution < 1.29 is 22.7 Å². The van der Waals surface area contributed by atoms with Gasteiger partial charge in [0.2, 0.25) is 5.13 Å². The van der Waals surface area contributed by atoms with Crippen molar-refractivity contribution in [3.63, 3.8) is 0 Å². The second kappa shape index (κ2) is 8.81. The van der Waals surface area contributed by atoms with Gasteiger partial charge in [0.1, 0.15) is 12.4 Å². The maximum absolute atomic E-state index is 12.7. The first-order valence-electron chi connectivity index (χ1n) is 9.25. The molecule has 2 heterocycles. The quantitative estimate of drug-likeness (QED) is 0.568. The van der Waals surface area contributed by atoms with Gasteiger partial charge in [0, 0.05) is 12.1 Å². The van der Waals surface area contributed by atoms with Crippen LogP contribution in [0.2, 0.25) is 5.02 Å². The number of anilines is 1. The first kappa shape index (κ1) is 21.5. The van der Waals surface area contributed by atoms with Crippen molar-refractivity contribution in [1.29, 1.82) is 0 Å². The third kappa shape index (κ3) is 5.15. The minimum Gasteiger partial charge on any atom is -0.485 e. The molecule has 1 amide bonds. The van der Waals surface area contributed by atoms with Gasteiger partial charge in [0.05, 0.1) is 10.6 Å². The summed E-state index contributed by atoms with van der Waals surface area (Å²) in [6.45, 7) is 1.62. The van der Waals surface area contributed by atoms with Crippen LogP contribution in [-0.4, -0.2) is 22.6 Å². The number of ether oxygens (including phenoxy) is 1. The average Bonchev–Trinajstić information content (AvgIpc) is 3.19. The Labute approximate surface area is 184 Å². The Hall–Kier alpha value is -2.69. The van der Waals surface area contributed by atoms with Crippen LogP contribution >= 0.6 is 22.9 Å². The lowest BCUT2D eigenvalue weighted by atomic mass is 9.98. The van der Waals surface area contributed by atoms with E-state index in [-0.39, 0.29) is 23.3 Å². The maximum atomic E-state index is 12.7. The van der Waals surface area contributed by atoms with Gasteiger partial charge in [-0.1, -0.05) is 29.0 Å². The second-order valence-corrected chi connectivity index (χ2v) is 8.27. The van der Waals surface area contributed by atoms with Gasteiger partial charge in [0.15, 0.2) is 5.01 Å². The Morgan fingerprint density at radius 2 is 2.03 bits per heavy atom. The number of nitrogens with zero attached hydrogens (tertiary/aromatic N) is 2. The minimum atomic E-state index is -4.48. The molecule has 0 fully saturated rings. The zero-order chi connectivity index (χ0) is 22.0. The molecule has 6 nitrogen and oxygen atoms in total. The van der Waals surface area contributed by atoms with Crippen molar-refractivity contribution in [3.05, 3.63) is 68.7 Å². The first-order valence-corrected chi connectivity index (χ1v) is 10.4. The fraction of sp³-hybridized carbons (Fsp3) is 0.250. The molecule has 1 aromatic heterocycles. The number of hydrogen-bond donors (Lipinski definition) is 2. The van der Waals surface area contributed by atoms with Gasteiger partial charge in [-0.05, 0) is 54.4 Å². The highest BCUT2D eigenvalue weighted by molar-refractivity contribution is 7.15. The van der Waals surface area contributed by atoms with E-state index < -0.39 is 11.7 Å². The number of carbonyl (C=O) groups is 1. The molecule has 0 aliphatic carbocycles. The monoisotopic (exact) mass is 468 g/mol. The summed E-state index contributed by atoms with van der Waals surface area (Å²) < 4.78 is 43.6. The molecule has 0 unspecified atom stereocenters. The Morgan fingerprint density at radius 3 is 2.81 bits per heavy atom. The smallest absolute Gasteiger partial charge is 0.416 e. The van der Waals surface area contributed by atoms with E-state index in [1.807, 2.05) is 12.1 Å². The van der Waals surface area contributed by atoms with E-state index in [1.165, 1.54) is 5.56 Å². The summed E-state index contributed by atoms with van der Waals surface area (Å²) in [6, 6.07) is 8.42. The Bertz CT molecular complexity index is 1120. The number of halogens is 4. The van der Waals surface area contributed by atoms with Crippen LogP contribution in [0.5, 0.6) is 5.75 Å². The number of benzene rings is 2. The van der Waals surface area contributed by atoms with Gasteiger partial charge < -0.3 is 10.1 Å². The second-order valence-electron chi connectivity index (χ2n) is 6.80. The van der Waals surface area contributed by atoms with Gasteiger partial charge in [0.25, 0.3) is 5.91 Å². The van der Waals surface area contributed by atoms with Crippen LogP contribution in [0.1, 0.15) is 32.1 Å². The van der Waals surface area contributed by atoms with E-state index in [9.17, 15) is 18.0 Å². The van der Waals surface area contributed by atoms with Gasteiger partial charge in [-0.15, -0.1) is 10.2 Å². The summed E-state index contributed by atoms with van der Waals surface area (Å²) >= 11 is 6.98. The van der Waals surface area contributed by atoms with E-state index in [0.29, 0.717) is 15.7 Å². The molecule has 4 rings (SSSR count). The number of alkyl halides is 3. The lowest BCUT2D eigenvalue weighted by Gasteiger charge is -2.17. The first-order chi connectivity index (χ1) is 14.8. The van der Waals surface area contributed by atoms with E-state index in [4.69, 9.17) is 16.3 Å². The van der Waals surface area contributed by atoms with E-state index in [1.54, 1.807) is 6.07 Å². The average molecular weight is 469 g/mol. The number of carbonyl (C=O) groups excluding carboxylic acids is 1. The van der Waals surface area contributed by atoms with Crippen LogP contribution in [0.3, 0.4) is 0 Å². The largest absolute Gasteiger partial charge is 0.485 e. The number of fused-ring (bicyclic) bond motifs is 1. The molecule has 0 saturated heterocycles. The molecular weight excluding hydrogens is 453 g/mol. The van der Waals surface area contributed by atoms with Crippen LogP contribution in [0.4, 0.5) is 18.3 Å². The molecule has 0 atom stereocenters. The summed E-state index contributed by atoms with van der Waals surface area (Å²) in [6.07, 6.45) is -3.62. The highest BCUT2D eigenvalue weighted by Crippen LogP contribution is 2.35. The predicted molar refractivity (Wildman–Crippen MR) is 111 cm³/mol. The molecule has 2 aromatic carbocycles. The van der Waals surface area contributed by atoms with Crippen molar-refractivity contribution in [2.24, 2.45) is 0 Å². The molecule has 1 aliphatic rings. The number of nitrogens with one attached hydrogen (secondary N) is 2. The lowest BCUT2D eigenvalue weighted by Crippen LogP contribution is -2.24. The summed E-state index contributed by atoms with van der Waals surface area (Å²) in [7, 11) is 0. The number of amides is 1. The van der Waals surface area contributed by atoms with Crippen LogP contribution in [0, 0.1) is 0 Å². The molecule has 1 aliphatic heterocycles. The molecule has 0 spiro atoms. The Balaban J connectivity index is 1.37. The molecule has 0 bridgehead atoms. The van der Waals surface area contributed by atoms with Crippen molar-refractivity contribution >= 4 is 34.0 Å². The highest BCUT2D eigenvalue weighted by atomic mass is 35.5. The minimum absolute atomic E-state index is 0.0511. The van der Waals surface area contributed by atoms with Gasteiger partial charge in [-0.3, -0.25) is 10.1 Å². The fourth-order valence-electron chi connectivity index (χ4n) is 3.08. The summed E-state index contributed by atoms with van der Waals surface area (Å²) in [5.41, 5.74) is 2.00. The molecule has 162 valence electrons. The molecule has 31 heavy (non-hydrogen) atoms. The molecule has 11 heteroatoms. The zero-order valence-electron chi connectivity index (χ0n) is 15.9. The van der Waals surface area contributed by atoms with Crippen molar-refractivity contribution in [2.75, 3.05) is 11.9 Å². The summed E-state index contributed by atoms with van der Waals surface area (Å²) in [5, 5.41) is 14.4. The van der Waals surface area contributed by atoms with Crippen LogP contribution < -0.4 is 15.4 Å². The molecule has 2 N–H and O–H groups in total. The topological polar surface area (TPSA) is 76.1 Å². The zero-order valence-corrected chi connectivity index (χ0v) is 17.5. The van der Waals surface area contributed by atoms with E-state index >= 15 is 0 Å². The third-order valence-electron chi connectivity index (χ3n) is 4.65. The van der Waals surface area contributed by atoms with Gasteiger partial charge in [-0.2, -0.15) is 13.2 Å². The summed E-state index contributed by atoms with van der Waals surface area (Å²) in [4.78, 5) is 12.5. The van der Waals surface area contributed by atoms with E-state index in [2.05, 4.69) is 20.8 Å². The van der Waals surface area contributed by atoms with Crippen LogP contribution in [0.25, 0.3) is 0 Å². The SMILES string of the molecule is O=C(Nc1nnc(COc2ccc(C(F)(F)F)cc2Cl)s1)c1ccc2c(c1)CCNC2. The molecule has 0 saturated carbocycles. The Morgan fingerprint density at radius 1 is 1.19 bits per heavy atom. The Kier molecular flexibility index (Phi) is 6.12. The fourth-order valence-corrected chi connectivity index (χ4v) is 3.97. The predicted octanol–water partition coefficient (Wildman–Crippen LogP) is 4.69. The highest BCUT2D eigenvalue weighted by Gasteiger charge is 2.31. The normalized spacial score (nSPS) is 13.5. The molecule has 3 aromatic rings. The van der Waals surface area contributed by atoms with Crippen LogP contribution in [-0.2, 0) is 25.7 Å². The van der Waals surface area contributed by atoms with Crippen LogP contribution in [0.15, 0.2) is 36.4 Å². The lowest BCUT2D eigenvalue weighted by molar-refractivity contribution is -0.137. The molecular formula is C20H16ClF3N4O2S. The number of aromatic nitrogens is 2. The van der Waals surface area contributed by atoms with E-state index in [0.717, 1.165) is 54.6 Å². The standard InChI is InChI=1S/C20H16ClF3N4O2S/c21-15-8-14(20(22,23)24)3-4-16(15)30-10-17-27-28-19(31-17)26-18(29)12-1-2-13-9-25-6-5-11(13)7-12/h1-4,7-8,25H,5-6,9-10H2,(H,26,28,29). The molecule has 0 radical (unpaired) electrons. The summed E-state index contributed by atoms with van der Waals surface area (Å²) in [5.74, 6) is -0.199. The number of rotatable bonds is 5. The van der Waals surface area contributed by atoms with Gasteiger partial charge in [-0.25, -0.2) is 0 Å².